The molecule has 0 aliphatic heterocycles. The summed E-state index contributed by atoms with van der Waals surface area (Å²) in [6, 6.07) is 5.59. The molecule has 1 aliphatic rings. The van der Waals surface area contributed by atoms with Crippen molar-refractivity contribution in [3.05, 3.63) is 34.1 Å². The zero-order valence-corrected chi connectivity index (χ0v) is 12.5. The van der Waals surface area contributed by atoms with Gasteiger partial charge in [0.2, 0.25) is 0 Å². The Morgan fingerprint density at radius 2 is 2.06 bits per heavy atom. The lowest BCUT2D eigenvalue weighted by Crippen LogP contribution is -2.34. The average Bonchev–Trinajstić information content (AvgIpc) is 2.40. The van der Waals surface area contributed by atoms with E-state index in [1.807, 2.05) is 6.07 Å². The summed E-state index contributed by atoms with van der Waals surface area (Å²) in [5, 5.41) is 3.48. The molecule has 0 radical (unpaired) electrons. The number of rotatable bonds is 4. The van der Waals surface area contributed by atoms with E-state index >= 15 is 0 Å². The highest BCUT2D eigenvalue weighted by Gasteiger charge is 2.19. The van der Waals surface area contributed by atoms with Crippen molar-refractivity contribution in [2.24, 2.45) is 5.92 Å². The first kappa shape index (κ1) is 14.0. The highest BCUT2D eigenvalue weighted by Crippen LogP contribution is 2.26. The highest BCUT2D eigenvalue weighted by atomic mass is 79.9. The summed E-state index contributed by atoms with van der Waals surface area (Å²) in [7, 11) is 0. The second kappa shape index (κ2) is 6.67. The third-order valence-electron chi connectivity index (χ3n) is 3.98. The summed E-state index contributed by atoms with van der Waals surface area (Å²) in [5.41, 5.74) is 0.743. The molecule has 1 saturated carbocycles. The van der Waals surface area contributed by atoms with Gasteiger partial charge in [0.15, 0.2) is 0 Å². The minimum atomic E-state index is -0.124. The average molecular weight is 314 g/mol. The Kier molecular flexibility index (Phi) is 5.19. The van der Waals surface area contributed by atoms with Gasteiger partial charge >= 0.3 is 0 Å². The summed E-state index contributed by atoms with van der Waals surface area (Å²) in [5.74, 6) is 0.635. The SMILES string of the molecule is C[C@H](NCc1cc(Br)ccc1F)C1CCCCC1. The number of hydrogen-bond acceptors (Lipinski definition) is 1. The lowest BCUT2D eigenvalue weighted by molar-refractivity contribution is 0.280. The number of hydrogen-bond donors (Lipinski definition) is 1. The molecule has 1 aromatic rings. The van der Waals surface area contributed by atoms with Gasteiger partial charge in [-0.05, 0) is 43.9 Å². The lowest BCUT2D eigenvalue weighted by Gasteiger charge is -2.28. The molecule has 0 amide bonds. The van der Waals surface area contributed by atoms with Crippen LogP contribution >= 0.6 is 15.9 Å². The monoisotopic (exact) mass is 313 g/mol. The van der Waals surface area contributed by atoms with Crippen LogP contribution in [0.15, 0.2) is 22.7 Å². The van der Waals surface area contributed by atoms with E-state index in [-0.39, 0.29) is 5.82 Å². The van der Waals surface area contributed by atoms with Gasteiger partial charge in [-0.2, -0.15) is 0 Å². The van der Waals surface area contributed by atoms with Crippen molar-refractivity contribution in [1.82, 2.24) is 5.32 Å². The molecule has 0 unspecified atom stereocenters. The van der Waals surface area contributed by atoms with E-state index < -0.39 is 0 Å². The van der Waals surface area contributed by atoms with Crippen molar-refractivity contribution in [2.75, 3.05) is 0 Å². The quantitative estimate of drug-likeness (QED) is 0.853. The fourth-order valence-electron chi connectivity index (χ4n) is 2.75. The Labute approximate surface area is 117 Å². The molecule has 100 valence electrons. The summed E-state index contributed by atoms with van der Waals surface area (Å²) in [4.78, 5) is 0. The predicted molar refractivity (Wildman–Crippen MR) is 77.0 cm³/mol. The number of nitrogens with one attached hydrogen (secondary N) is 1. The first-order valence-electron chi connectivity index (χ1n) is 6.84. The van der Waals surface area contributed by atoms with Crippen LogP contribution in [0.4, 0.5) is 4.39 Å². The van der Waals surface area contributed by atoms with Gasteiger partial charge in [-0.3, -0.25) is 0 Å². The Hall–Kier alpha value is -0.410. The van der Waals surface area contributed by atoms with E-state index in [2.05, 4.69) is 28.2 Å². The Morgan fingerprint density at radius 1 is 1.33 bits per heavy atom. The van der Waals surface area contributed by atoms with Crippen molar-refractivity contribution >= 4 is 15.9 Å². The van der Waals surface area contributed by atoms with E-state index in [1.165, 1.54) is 38.2 Å². The van der Waals surface area contributed by atoms with Crippen molar-refractivity contribution < 1.29 is 4.39 Å². The van der Waals surface area contributed by atoms with Crippen LogP contribution in [0.25, 0.3) is 0 Å². The summed E-state index contributed by atoms with van der Waals surface area (Å²) >= 11 is 3.39. The minimum Gasteiger partial charge on any atom is -0.310 e. The maximum atomic E-state index is 13.6. The van der Waals surface area contributed by atoms with Gasteiger partial charge in [-0.25, -0.2) is 4.39 Å². The van der Waals surface area contributed by atoms with Gasteiger partial charge in [0.25, 0.3) is 0 Å². The van der Waals surface area contributed by atoms with Crippen molar-refractivity contribution in [1.29, 1.82) is 0 Å². The minimum absolute atomic E-state index is 0.124. The van der Waals surface area contributed by atoms with Gasteiger partial charge < -0.3 is 5.32 Å². The second-order valence-corrected chi connectivity index (χ2v) is 6.22. The molecule has 18 heavy (non-hydrogen) atoms. The fraction of sp³-hybridized carbons (Fsp3) is 0.600. The summed E-state index contributed by atoms with van der Waals surface area (Å²) < 4.78 is 14.5. The highest BCUT2D eigenvalue weighted by molar-refractivity contribution is 9.10. The largest absolute Gasteiger partial charge is 0.310 e. The molecule has 0 heterocycles. The molecular formula is C15H21BrFN. The number of benzene rings is 1. The molecule has 0 bridgehead atoms. The molecule has 2 rings (SSSR count). The van der Waals surface area contributed by atoms with Gasteiger partial charge in [0.05, 0.1) is 0 Å². The van der Waals surface area contributed by atoms with E-state index in [9.17, 15) is 4.39 Å². The molecule has 1 N–H and O–H groups in total. The van der Waals surface area contributed by atoms with Crippen LogP contribution in [0.2, 0.25) is 0 Å². The molecule has 0 aromatic heterocycles. The van der Waals surface area contributed by atoms with Crippen molar-refractivity contribution in [3.63, 3.8) is 0 Å². The third kappa shape index (κ3) is 3.79. The molecule has 0 spiro atoms. The molecule has 0 saturated heterocycles. The molecular weight excluding hydrogens is 293 g/mol. The van der Waals surface area contributed by atoms with Crippen molar-refractivity contribution in [2.45, 2.75) is 51.6 Å². The Bertz CT molecular complexity index is 388. The second-order valence-electron chi connectivity index (χ2n) is 5.30. The molecule has 1 atom stereocenters. The van der Waals surface area contributed by atoms with Crippen LogP contribution in [0.3, 0.4) is 0 Å². The predicted octanol–water partition coefficient (Wildman–Crippen LogP) is 4.65. The standard InChI is InChI=1S/C15H21BrFN/c1-11(12-5-3-2-4-6-12)18-10-13-9-14(16)7-8-15(13)17/h7-9,11-12,18H,2-6,10H2,1H3/t11-/m0/s1. The Morgan fingerprint density at radius 3 is 2.78 bits per heavy atom. The smallest absolute Gasteiger partial charge is 0.127 e. The van der Waals surface area contributed by atoms with Crippen LogP contribution in [0.5, 0.6) is 0 Å². The summed E-state index contributed by atoms with van der Waals surface area (Å²) in [6.45, 7) is 2.84. The van der Waals surface area contributed by atoms with Crippen LogP contribution in [-0.4, -0.2) is 6.04 Å². The maximum absolute atomic E-state index is 13.6. The normalized spacial score (nSPS) is 18.8. The molecule has 1 fully saturated rings. The first-order chi connectivity index (χ1) is 8.66. The zero-order chi connectivity index (χ0) is 13.0. The van der Waals surface area contributed by atoms with Crippen LogP contribution in [0.1, 0.15) is 44.6 Å². The van der Waals surface area contributed by atoms with Gasteiger partial charge in [0, 0.05) is 22.6 Å². The van der Waals surface area contributed by atoms with E-state index in [0.29, 0.717) is 12.6 Å². The number of halogens is 2. The van der Waals surface area contributed by atoms with Gasteiger partial charge in [0.1, 0.15) is 5.82 Å². The van der Waals surface area contributed by atoms with Gasteiger partial charge in [-0.1, -0.05) is 35.2 Å². The zero-order valence-electron chi connectivity index (χ0n) is 10.9. The lowest BCUT2D eigenvalue weighted by atomic mass is 9.84. The topological polar surface area (TPSA) is 12.0 Å². The molecule has 3 heteroatoms. The Balaban J connectivity index is 1.88. The van der Waals surface area contributed by atoms with E-state index in [0.717, 1.165) is 16.0 Å². The maximum Gasteiger partial charge on any atom is 0.127 e. The van der Waals surface area contributed by atoms with E-state index in [4.69, 9.17) is 0 Å². The van der Waals surface area contributed by atoms with Crippen LogP contribution in [0, 0.1) is 11.7 Å². The first-order valence-corrected chi connectivity index (χ1v) is 7.63. The third-order valence-corrected chi connectivity index (χ3v) is 4.47. The van der Waals surface area contributed by atoms with Gasteiger partial charge in [-0.15, -0.1) is 0 Å². The molecule has 1 nitrogen and oxygen atoms in total. The van der Waals surface area contributed by atoms with E-state index in [1.54, 1.807) is 6.07 Å². The van der Waals surface area contributed by atoms with Crippen LogP contribution in [-0.2, 0) is 6.54 Å². The van der Waals surface area contributed by atoms with Crippen LogP contribution < -0.4 is 5.32 Å². The fourth-order valence-corrected chi connectivity index (χ4v) is 3.16. The molecule has 1 aromatic carbocycles. The van der Waals surface area contributed by atoms with Crippen molar-refractivity contribution in [3.8, 4) is 0 Å². The molecule has 1 aliphatic carbocycles. The summed E-state index contributed by atoms with van der Waals surface area (Å²) in [6.07, 6.45) is 6.71.